The minimum atomic E-state index is -0.189. The van der Waals surface area contributed by atoms with E-state index in [2.05, 4.69) is 43.2 Å². The molecule has 4 heteroatoms. The summed E-state index contributed by atoms with van der Waals surface area (Å²) in [5.74, 6) is -0.189. The molecule has 1 unspecified atom stereocenters. The molecule has 0 amide bonds. The maximum atomic E-state index is 14.3. The van der Waals surface area contributed by atoms with Crippen molar-refractivity contribution in [2.45, 2.75) is 19.4 Å². The van der Waals surface area contributed by atoms with Crippen LogP contribution < -0.4 is 5.32 Å². The van der Waals surface area contributed by atoms with Crippen molar-refractivity contribution in [3.05, 3.63) is 68.4 Å². The molecule has 0 radical (unpaired) electrons. The Labute approximate surface area is 135 Å². The molecule has 1 N–H and O–H groups in total. The highest BCUT2D eigenvalue weighted by atomic mass is 79.9. The first-order valence-electron chi connectivity index (χ1n) is 6.54. The molecule has 0 aromatic heterocycles. The lowest BCUT2D eigenvalue weighted by atomic mass is 9.98. The number of benzene rings is 2. The van der Waals surface area contributed by atoms with Crippen molar-refractivity contribution >= 4 is 31.9 Å². The van der Waals surface area contributed by atoms with Gasteiger partial charge in [0, 0.05) is 16.1 Å². The van der Waals surface area contributed by atoms with Crippen molar-refractivity contribution in [3.8, 4) is 0 Å². The molecule has 0 spiro atoms. The third kappa shape index (κ3) is 3.68. The highest BCUT2D eigenvalue weighted by molar-refractivity contribution is 9.10. The van der Waals surface area contributed by atoms with Crippen LogP contribution in [0.3, 0.4) is 0 Å². The second kappa shape index (κ2) is 7.34. The van der Waals surface area contributed by atoms with Gasteiger partial charge in [0.15, 0.2) is 0 Å². The maximum absolute atomic E-state index is 14.3. The Hall–Kier alpha value is -0.710. The molecular weight excluding hydrogens is 385 g/mol. The lowest BCUT2D eigenvalue weighted by Crippen LogP contribution is -2.24. The lowest BCUT2D eigenvalue weighted by molar-refractivity contribution is 0.507. The van der Waals surface area contributed by atoms with Gasteiger partial charge in [0.1, 0.15) is 5.82 Å². The molecule has 0 heterocycles. The Morgan fingerprint density at radius 3 is 2.45 bits per heavy atom. The zero-order valence-electron chi connectivity index (χ0n) is 11.2. The highest BCUT2D eigenvalue weighted by Crippen LogP contribution is 2.28. The van der Waals surface area contributed by atoms with Gasteiger partial charge in [-0.2, -0.15) is 0 Å². The summed E-state index contributed by atoms with van der Waals surface area (Å²) in [6.45, 7) is 2.82. The fraction of sp³-hybridized carbons (Fsp3) is 0.250. The first-order chi connectivity index (χ1) is 9.63. The third-order valence-electron chi connectivity index (χ3n) is 3.19. The summed E-state index contributed by atoms with van der Waals surface area (Å²) >= 11 is 6.80. The van der Waals surface area contributed by atoms with E-state index in [0.717, 1.165) is 23.0 Å². The molecule has 2 rings (SSSR count). The molecule has 0 aliphatic heterocycles. The molecule has 2 aromatic carbocycles. The largest absolute Gasteiger partial charge is 0.310 e. The molecule has 0 bridgehead atoms. The quantitative estimate of drug-likeness (QED) is 0.723. The van der Waals surface area contributed by atoms with E-state index in [0.29, 0.717) is 10.0 Å². The van der Waals surface area contributed by atoms with Crippen LogP contribution in [0, 0.1) is 5.82 Å². The van der Waals surface area contributed by atoms with Gasteiger partial charge in [-0.3, -0.25) is 0 Å². The van der Waals surface area contributed by atoms with Crippen molar-refractivity contribution < 1.29 is 4.39 Å². The van der Waals surface area contributed by atoms with Crippen molar-refractivity contribution in [3.63, 3.8) is 0 Å². The van der Waals surface area contributed by atoms with Gasteiger partial charge in [0.05, 0.1) is 4.47 Å². The number of hydrogen-bond donors (Lipinski definition) is 1. The minimum Gasteiger partial charge on any atom is -0.310 e. The number of hydrogen-bond acceptors (Lipinski definition) is 1. The standard InChI is InChI=1S/C16H16Br2FN/c1-2-20-15(10-11-6-3-4-8-13(11)17)12-7-5-9-14(18)16(12)19/h3-9,15,20H,2,10H2,1H3. The summed E-state index contributed by atoms with van der Waals surface area (Å²) in [6.07, 6.45) is 0.739. The number of nitrogens with one attached hydrogen (secondary N) is 1. The predicted molar refractivity (Wildman–Crippen MR) is 88.4 cm³/mol. The third-order valence-corrected chi connectivity index (χ3v) is 4.58. The summed E-state index contributed by atoms with van der Waals surface area (Å²) in [5, 5.41) is 3.36. The van der Waals surface area contributed by atoms with Gasteiger partial charge in [0.2, 0.25) is 0 Å². The van der Waals surface area contributed by atoms with E-state index in [1.807, 2.05) is 37.3 Å². The maximum Gasteiger partial charge on any atom is 0.142 e. The van der Waals surface area contributed by atoms with E-state index >= 15 is 0 Å². The van der Waals surface area contributed by atoms with E-state index in [1.165, 1.54) is 0 Å². The monoisotopic (exact) mass is 399 g/mol. The zero-order chi connectivity index (χ0) is 14.5. The normalized spacial score (nSPS) is 12.4. The number of likely N-dealkylation sites (N-methyl/N-ethyl adjacent to an activating group) is 1. The van der Waals surface area contributed by atoms with Gasteiger partial charge in [-0.15, -0.1) is 0 Å². The highest BCUT2D eigenvalue weighted by Gasteiger charge is 2.17. The van der Waals surface area contributed by atoms with Crippen LogP contribution in [-0.4, -0.2) is 6.54 Å². The van der Waals surface area contributed by atoms with Gasteiger partial charge in [-0.05, 0) is 46.6 Å². The van der Waals surface area contributed by atoms with Crippen LogP contribution in [0.1, 0.15) is 24.1 Å². The predicted octanol–water partition coefficient (Wildman–Crippen LogP) is 5.24. The molecular formula is C16H16Br2FN. The van der Waals surface area contributed by atoms with Gasteiger partial charge in [0.25, 0.3) is 0 Å². The molecule has 0 aliphatic rings. The summed E-state index contributed by atoms with van der Waals surface area (Å²) in [7, 11) is 0. The summed E-state index contributed by atoms with van der Waals surface area (Å²) < 4.78 is 15.8. The fourth-order valence-electron chi connectivity index (χ4n) is 2.21. The fourth-order valence-corrected chi connectivity index (χ4v) is 3.04. The molecule has 0 saturated carbocycles. The average molecular weight is 401 g/mol. The van der Waals surface area contributed by atoms with E-state index in [1.54, 1.807) is 6.07 Å². The molecule has 1 atom stereocenters. The van der Waals surface area contributed by atoms with Crippen LogP contribution in [0.2, 0.25) is 0 Å². The average Bonchev–Trinajstić information content (AvgIpc) is 2.44. The lowest BCUT2D eigenvalue weighted by Gasteiger charge is -2.20. The second-order valence-electron chi connectivity index (χ2n) is 4.55. The van der Waals surface area contributed by atoms with Crippen LogP contribution in [-0.2, 0) is 6.42 Å². The number of rotatable bonds is 5. The SMILES string of the molecule is CCNC(Cc1ccccc1Br)c1cccc(Br)c1F. The van der Waals surface area contributed by atoms with Gasteiger partial charge >= 0.3 is 0 Å². The first-order valence-corrected chi connectivity index (χ1v) is 8.12. The van der Waals surface area contributed by atoms with E-state index in [4.69, 9.17) is 0 Å². The van der Waals surface area contributed by atoms with Gasteiger partial charge in [-0.1, -0.05) is 53.2 Å². The van der Waals surface area contributed by atoms with Crippen LogP contribution in [0.25, 0.3) is 0 Å². The Morgan fingerprint density at radius 1 is 1.05 bits per heavy atom. The first kappa shape index (κ1) is 15.7. The Bertz CT molecular complexity index is 586. The Morgan fingerprint density at radius 2 is 1.75 bits per heavy atom. The minimum absolute atomic E-state index is 0.0452. The molecule has 0 fully saturated rings. The topological polar surface area (TPSA) is 12.0 Å². The summed E-state index contributed by atoms with van der Waals surface area (Å²) in [6, 6.07) is 13.4. The van der Waals surface area contributed by atoms with Crippen LogP contribution in [0.4, 0.5) is 4.39 Å². The van der Waals surface area contributed by atoms with E-state index < -0.39 is 0 Å². The van der Waals surface area contributed by atoms with E-state index in [9.17, 15) is 4.39 Å². The number of halogens is 3. The van der Waals surface area contributed by atoms with Gasteiger partial charge in [-0.25, -0.2) is 4.39 Å². The second-order valence-corrected chi connectivity index (χ2v) is 6.26. The molecule has 0 saturated heterocycles. The van der Waals surface area contributed by atoms with Gasteiger partial charge < -0.3 is 5.32 Å². The van der Waals surface area contributed by atoms with Crippen molar-refractivity contribution in [2.24, 2.45) is 0 Å². The molecule has 20 heavy (non-hydrogen) atoms. The van der Waals surface area contributed by atoms with E-state index in [-0.39, 0.29) is 11.9 Å². The molecule has 1 nitrogen and oxygen atoms in total. The zero-order valence-corrected chi connectivity index (χ0v) is 14.3. The van der Waals surface area contributed by atoms with Crippen LogP contribution in [0.5, 0.6) is 0 Å². The molecule has 2 aromatic rings. The summed E-state index contributed by atoms with van der Waals surface area (Å²) in [4.78, 5) is 0. The van der Waals surface area contributed by atoms with Crippen molar-refractivity contribution in [2.75, 3.05) is 6.54 Å². The Balaban J connectivity index is 2.32. The molecule has 106 valence electrons. The van der Waals surface area contributed by atoms with Crippen LogP contribution >= 0.6 is 31.9 Å². The van der Waals surface area contributed by atoms with Crippen molar-refractivity contribution in [1.82, 2.24) is 5.32 Å². The molecule has 0 aliphatic carbocycles. The smallest absolute Gasteiger partial charge is 0.142 e. The van der Waals surface area contributed by atoms with Crippen molar-refractivity contribution in [1.29, 1.82) is 0 Å². The summed E-state index contributed by atoms with van der Waals surface area (Å²) in [5.41, 5.74) is 1.86. The van der Waals surface area contributed by atoms with Crippen LogP contribution in [0.15, 0.2) is 51.4 Å². The Kier molecular flexibility index (Phi) is 5.75.